The Hall–Kier alpha value is -1.62. The van der Waals surface area contributed by atoms with Crippen LogP contribution in [0.2, 0.25) is 0 Å². The smallest absolute Gasteiger partial charge is 0.341 e. The molecule has 1 aromatic carbocycles. The van der Waals surface area contributed by atoms with Gasteiger partial charge in [-0.3, -0.25) is 0 Å². The number of hydrogen-bond donors (Lipinski definition) is 2. The van der Waals surface area contributed by atoms with E-state index >= 15 is 0 Å². The van der Waals surface area contributed by atoms with Crippen molar-refractivity contribution in [3.05, 3.63) is 29.1 Å². The Morgan fingerprint density at radius 3 is 2.67 bits per heavy atom. The van der Waals surface area contributed by atoms with E-state index in [9.17, 15) is 14.3 Å². The average molecular weight is 213 g/mol. The van der Waals surface area contributed by atoms with Crippen molar-refractivity contribution in [2.75, 3.05) is 7.11 Å². The van der Waals surface area contributed by atoms with Crippen LogP contribution in [0.1, 0.15) is 28.9 Å². The summed E-state index contributed by atoms with van der Waals surface area (Å²) in [5, 5.41) is 9.29. The Balaban J connectivity index is 3.31. The van der Waals surface area contributed by atoms with Gasteiger partial charge in [0.2, 0.25) is 0 Å². The summed E-state index contributed by atoms with van der Waals surface area (Å²) in [6.07, 6.45) is 0. The highest BCUT2D eigenvalue weighted by atomic mass is 19.1. The second kappa shape index (κ2) is 4.27. The fraction of sp³-hybridized carbons (Fsp3) is 0.300. The lowest BCUT2D eigenvalue weighted by Crippen LogP contribution is -2.09. The van der Waals surface area contributed by atoms with Crippen LogP contribution < -0.4 is 5.73 Å². The predicted octanol–water partition coefficient (Wildman–Crippen LogP) is 1.34. The SMILES string of the molecule is COC(=O)c1cc(C(C)N)cc(F)c1O. The number of carbonyl (C=O) groups is 1. The van der Waals surface area contributed by atoms with Gasteiger partial charge in [0.1, 0.15) is 5.56 Å². The van der Waals surface area contributed by atoms with Crippen LogP contribution in [0.5, 0.6) is 5.75 Å². The number of benzene rings is 1. The van der Waals surface area contributed by atoms with Gasteiger partial charge in [0.25, 0.3) is 0 Å². The molecule has 1 rings (SSSR count). The summed E-state index contributed by atoms with van der Waals surface area (Å²) < 4.78 is 17.6. The monoisotopic (exact) mass is 213 g/mol. The Kier molecular flexibility index (Phi) is 3.26. The Morgan fingerprint density at radius 2 is 2.20 bits per heavy atom. The van der Waals surface area contributed by atoms with Crippen LogP contribution >= 0.6 is 0 Å². The molecular weight excluding hydrogens is 201 g/mol. The van der Waals surface area contributed by atoms with E-state index in [1.54, 1.807) is 6.92 Å². The highest BCUT2D eigenvalue weighted by molar-refractivity contribution is 5.92. The minimum atomic E-state index is -0.884. The van der Waals surface area contributed by atoms with Crippen molar-refractivity contribution in [1.29, 1.82) is 0 Å². The van der Waals surface area contributed by atoms with Gasteiger partial charge in [-0.2, -0.15) is 0 Å². The number of esters is 1. The van der Waals surface area contributed by atoms with Crippen molar-refractivity contribution in [1.82, 2.24) is 0 Å². The third kappa shape index (κ3) is 2.24. The lowest BCUT2D eigenvalue weighted by Gasteiger charge is -2.09. The van der Waals surface area contributed by atoms with Crippen LogP contribution in [0, 0.1) is 5.82 Å². The number of halogens is 1. The van der Waals surface area contributed by atoms with Crippen LogP contribution in [0.25, 0.3) is 0 Å². The lowest BCUT2D eigenvalue weighted by molar-refractivity contribution is 0.0596. The number of phenols is 1. The Morgan fingerprint density at radius 1 is 1.60 bits per heavy atom. The molecule has 0 heterocycles. The summed E-state index contributed by atoms with van der Waals surface area (Å²) in [5.74, 6) is -2.40. The molecule has 0 aliphatic carbocycles. The molecule has 0 aromatic heterocycles. The van der Waals surface area contributed by atoms with E-state index in [4.69, 9.17) is 5.73 Å². The van der Waals surface area contributed by atoms with E-state index in [1.165, 1.54) is 6.07 Å². The minimum absolute atomic E-state index is 0.218. The van der Waals surface area contributed by atoms with Crippen molar-refractivity contribution >= 4 is 5.97 Å². The first kappa shape index (κ1) is 11.5. The van der Waals surface area contributed by atoms with E-state index < -0.39 is 23.6 Å². The molecule has 1 atom stereocenters. The molecule has 0 saturated heterocycles. The fourth-order valence-corrected chi connectivity index (χ4v) is 1.15. The van der Waals surface area contributed by atoms with Crippen molar-refractivity contribution < 1.29 is 19.0 Å². The van der Waals surface area contributed by atoms with Crippen LogP contribution in [0.3, 0.4) is 0 Å². The third-order valence-corrected chi connectivity index (χ3v) is 2.02. The van der Waals surface area contributed by atoms with E-state index in [2.05, 4.69) is 4.74 Å². The van der Waals surface area contributed by atoms with Gasteiger partial charge in [-0.1, -0.05) is 0 Å². The van der Waals surface area contributed by atoms with Crippen molar-refractivity contribution in [2.45, 2.75) is 13.0 Å². The molecule has 0 amide bonds. The van der Waals surface area contributed by atoms with Crippen LogP contribution in [-0.4, -0.2) is 18.2 Å². The maximum Gasteiger partial charge on any atom is 0.341 e. The molecule has 0 aliphatic rings. The van der Waals surface area contributed by atoms with Crippen molar-refractivity contribution in [3.63, 3.8) is 0 Å². The maximum atomic E-state index is 13.2. The quantitative estimate of drug-likeness (QED) is 0.727. The number of carbonyl (C=O) groups excluding carboxylic acids is 1. The summed E-state index contributed by atoms with van der Waals surface area (Å²) in [5.41, 5.74) is 5.75. The number of hydrogen-bond acceptors (Lipinski definition) is 4. The van der Waals surface area contributed by atoms with Gasteiger partial charge in [-0.25, -0.2) is 9.18 Å². The zero-order valence-corrected chi connectivity index (χ0v) is 8.45. The molecule has 0 bridgehead atoms. The van der Waals surface area contributed by atoms with E-state index in [1.807, 2.05) is 0 Å². The van der Waals surface area contributed by atoms with Gasteiger partial charge in [-0.15, -0.1) is 0 Å². The van der Waals surface area contributed by atoms with Gasteiger partial charge < -0.3 is 15.6 Å². The molecular formula is C10H12FNO3. The minimum Gasteiger partial charge on any atom is -0.504 e. The first-order chi connectivity index (χ1) is 6.97. The number of aromatic hydroxyl groups is 1. The van der Waals surface area contributed by atoms with E-state index in [-0.39, 0.29) is 5.56 Å². The third-order valence-electron chi connectivity index (χ3n) is 2.02. The highest BCUT2D eigenvalue weighted by Gasteiger charge is 2.17. The van der Waals surface area contributed by atoms with Crippen LogP contribution in [0.4, 0.5) is 4.39 Å². The Bertz CT molecular complexity index is 390. The lowest BCUT2D eigenvalue weighted by atomic mass is 10.0. The van der Waals surface area contributed by atoms with Gasteiger partial charge >= 0.3 is 5.97 Å². The largest absolute Gasteiger partial charge is 0.504 e. The average Bonchev–Trinajstić information content (AvgIpc) is 2.20. The standard InChI is InChI=1S/C10H12FNO3/c1-5(12)6-3-7(10(14)15-2)9(13)8(11)4-6/h3-5,13H,12H2,1-2H3. The van der Waals surface area contributed by atoms with Crippen molar-refractivity contribution in [2.24, 2.45) is 5.73 Å². The van der Waals surface area contributed by atoms with Gasteiger partial charge in [-0.05, 0) is 24.6 Å². The summed E-state index contributed by atoms with van der Waals surface area (Å²) in [6.45, 7) is 1.65. The zero-order valence-electron chi connectivity index (χ0n) is 8.45. The number of nitrogens with two attached hydrogens (primary N) is 1. The van der Waals surface area contributed by atoms with Crippen LogP contribution in [-0.2, 0) is 4.74 Å². The molecule has 0 fully saturated rings. The summed E-state index contributed by atoms with van der Waals surface area (Å²) in [6, 6.07) is 1.98. The van der Waals surface area contributed by atoms with Crippen molar-refractivity contribution in [3.8, 4) is 5.75 Å². The molecule has 1 unspecified atom stereocenters. The summed E-state index contributed by atoms with van der Waals surface area (Å²) >= 11 is 0. The predicted molar refractivity (Wildman–Crippen MR) is 52.0 cm³/mol. The van der Waals surface area contributed by atoms with Crippen LogP contribution in [0.15, 0.2) is 12.1 Å². The fourth-order valence-electron chi connectivity index (χ4n) is 1.15. The summed E-state index contributed by atoms with van der Waals surface area (Å²) in [7, 11) is 1.15. The first-order valence-electron chi connectivity index (χ1n) is 4.33. The normalized spacial score (nSPS) is 12.3. The molecule has 15 heavy (non-hydrogen) atoms. The second-order valence-electron chi connectivity index (χ2n) is 3.18. The number of methoxy groups -OCH3 is 1. The molecule has 0 saturated carbocycles. The molecule has 5 heteroatoms. The number of phenolic OH excluding ortho intramolecular Hbond substituents is 1. The van der Waals surface area contributed by atoms with Gasteiger partial charge in [0.05, 0.1) is 7.11 Å². The molecule has 3 N–H and O–H groups in total. The molecule has 0 radical (unpaired) electrons. The topological polar surface area (TPSA) is 72.5 Å². The first-order valence-corrected chi connectivity index (χ1v) is 4.33. The van der Waals surface area contributed by atoms with Gasteiger partial charge in [0, 0.05) is 6.04 Å². The van der Waals surface area contributed by atoms with Gasteiger partial charge in [0.15, 0.2) is 11.6 Å². The second-order valence-corrected chi connectivity index (χ2v) is 3.18. The Labute approximate surface area is 86.5 Å². The molecule has 4 nitrogen and oxygen atoms in total. The molecule has 1 aromatic rings. The van der Waals surface area contributed by atoms with E-state index in [0.717, 1.165) is 13.2 Å². The summed E-state index contributed by atoms with van der Waals surface area (Å²) in [4.78, 5) is 11.2. The molecule has 82 valence electrons. The highest BCUT2D eigenvalue weighted by Crippen LogP contribution is 2.26. The number of rotatable bonds is 2. The van der Waals surface area contributed by atoms with E-state index in [0.29, 0.717) is 5.56 Å². The maximum absolute atomic E-state index is 13.2. The zero-order chi connectivity index (χ0) is 11.6. The number of ether oxygens (including phenoxy) is 1. The molecule has 0 spiro atoms. The molecule has 0 aliphatic heterocycles.